The number of nitrogens with zero attached hydrogens (tertiary/aromatic N) is 5. The van der Waals surface area contributed by atoms with Crippen LogP contribution >= 0.6 is 0 Å². The Labute approximate surface area is 157 Å². The van der Waals surface area contributed by atoms with E-state index in [0.717, 1.165) is 31.0 Å². The number of carbonyl (C=O) groups is 1. The number of H-pyrrole nitrogens is 1. The molecule has 1 saturated heterocycles. The summed E-state index contributed by atoms with van der Waals surface area (Å²) in [6.07, 6.45) is 1.78. The van der Waals surface area contributed by atoms with Crippen LogP contribution in [0.25, 0.3) is 11.5 Å². The predicted octanol–water partition coefficient (Wildman–Crippen LogP) is 1.66. The van der Waals surface area contributed by atoms with Gasteiger partial charge in [0.1, 0.15) is 17.9 Å². The van der Waals surface area contributed by atoms with E-state index >= 15 is 0 Å². The second kappa shape index (κ2) is 7.71. The van der Waals surface area contributed by atoms with E-state index in [1.54, 1.807) is 0 Å². The van der Waals surface area contributed by atoms with Crippen molar-refractivity contribution in [3.8, 4) is 11.5 Å². The van der Waals surface area contributed by atoms with Crippen LogP contribution in [-0.4, -0.2) is 62.1 Å². The van der Waals surface area contributed by atoms with Crippen LogP contribution in [0, 0.1) is 6.92 Å². The van der Waals surface area contributed by atoms with Crippen molar-refractivity contribution in [2.45, 2.75) is 19.9 Å². The summed E-state index contributed by atoms with van der Waals surface area (Å²) in [4.78, 5) is 25.5. The first-order valence-corrected chi connectivity index (χ1v) is 9.05. The summed E-state index contributed by atoms with van der Waals surface area (Å²) in [6.45, 7) is 5.63. The van der Waals surface area contributed by atoms with Crippen molar-refractivity contribution in [2.75, 3.05) is 26.2 Å². The summed E-state index contributed by atoms with van der Waals surface area (Å²) in [5, 5.41) is 6.74. The Morgan fingerprint density at radius 2 is 1.96 bits per heavy atom. The Morgan fingerprint density at radius 3 is 2.67 bits per heavy atom. The highest BCUT2D eigenvalue weighted by molar-refractivity contribution is 5.78. The van der Waals surface area contributed by atoms with Gasteiger partial charge in [0, 0.05) is 31.7 Å². The highest BCUT2D eigenvalue weighted by atomic mass is 16.4. The molecule has 0 atom stereocenters. The zero-order valence-electron chi connectivity index (χ0n) is 15.3. The lowest BCUT2D eigenvalue weighted by Gasteiger charge is -2.34. The summed E-state index contributed by atoms with van der Waals surface area (Å²) in [7, 11) is 0. The van der Waals surface area contributed by atoms with Gasteiger partial charge in [-0.1, -0.05) is 18.2 Å². The largest absolute Gasteiger partial charge is 0.441 e. The van der Waals surface area contributed by atoms with Crippen molar-refractivity contribution in [1.82, 2.24) is 30.0 Å². The molecular formula is C19H22N6O2. The van der Waals surface area contributed by atoms with Crippen LogP contribution in [0.1, 0.15) is 17.3 Å². The lowest BCUT2D eigenvalue weighted by Crippen LogP contribution is -2.48. The van der Waals surface area contributed by atoms with Gasteiger partial charge in [-0.25, -0.2) is 9.97 Å². The van der Waals surface area contributed by atoms with E-state index in [4.69, 9.17) is 4.42 Å². The van der Waals surface area contributed by atoms with E-state index in [1.165, 1.54) is 6.33 Å². The van der Waals surface area contributed by atoms with Crippen LogP contribution in [0.5, 0.6) is 0 Å². The Morgan fingerprint density at radius 1 is 1.19 bits per heavy atom. The second-order valence-corrected chi connectivity index (χ2v) is 6.65. The molecule has 8 heteroatoms. The molecule has 1 aromatic carbocycles. The molecule has 0 bridgehead atoms. The van der Waals surface area contributed by atoms with E-state index in [2.05, 4.69) is 25.1 Å². The topological polar surface area (TPSA) is 91.2 Å². The van der Waals surface area contributed by atoms with Gasteiger partial charge in [-0.3, -0.25) is 14.8 Å². The fraction of sp³-hybridized carbons (Fsp3) is 0.368. The molecule has 4 rings (SSSR count). The molecule has 1 N–H and O–H groups in total. The number of piperazine rings is 1. The number of amides is 1. The van der Waals surface area contributed by atoms with Gasteiger partial charge in [0.25, 0.3) is 0 Å². The summed E-state index contributed by atoms with van der Waals surface area (Å²) in [5.74, 6) is 2.20. The highest BCUT2D eigenvalue weighted by Gasteiger charge is 2.23. The first kappa shape index (κ1) is 17.4. The molecule has 1 amide bonds. The van der Waals surface area contributed by atoms with Gasteiger partial charge in [0.2, 0.25) is 11.8 Å². The van der Waals surface area contributed by atoms with Crippen molar-refractivity contribution in [2.24, 2.45) is 0 Å². The molecule has 3 aromatic rings. The van der Waals surface area contributed by atoms with Crippen LogP contribution < -0.4 is 0 Å². The number of oxazole rings is 1. The molecule has 0 saturated carbocycles. The van der Waals surface area contributed by atoms with Gasteiger partial charge < -0.3 is 9.32 Å². The molecule has 8 nitrogen and oxygen atoms in total. The fourth-order valence-electron chi connectivity index (χ4n) is 3.23. The number of hydrogen-bond acceptors (Lipinski definition) is 6. The number of hydrogen-bond donors (Lipinski definition) is 1. The lowest BCUT2D eigenvalue weighted by molar-refractivity contribution is -0.132. The van der Waals surface area contributed by atoms with Gasteiger partial charge in [0.05, 0.1) is 18.7 Å². The van der Waals surface area contributed by atoms with Crippen LogP contribution in [0.2, 0.25) is 0 Å². The number of benzene rings is 1. The van der Waals surface area contributed by atoms with E-state index in [0.29, 0.717) is 30.4 Å². The van der Waals surface area contributed by atoms with Gasteiger partial charge in [-0.15, -0.1) is 0 Å². The Hall–Kier alpha value is -3.00. The average molecular weight is 366 g/mol. The minimum Gasteiger partial charge on any atom is -0.441 e. The Bertz CT molecular complexity index is 882. The molecule has 2 aromatic heterocycles. The minimum atomic E-state index is 0.0883. The van der Waals surface area contributed by atoms with Crippen molar-refractivity contribution in [3.63, 3.8) is 0 Å². The molecule has 1 aliphatic heterocycles. The molecule has 0 aliphatic carbocycles. The van der Waals surface area contributed by atoms with Crippen LogP contribution in [0.4, 0.5) is 0 Å². The van der Waals surface area contributed by atoms with Crippen LogP contribution in [0.3, 0.4) is 0 Å². The van der Waals surface area contributed by atoms with E-state index < -0.39 is 0 Å². The monoisotopic (exact) mass is 366 g/mol. The zero-order valence-corrected chi connectivity index (χ0v) is 15.3. The van der Waals surface area contributed by atoms with E-state index in [9.17, 15) is 4.79 Å². The third-order valence-electron chi connectivity index (χ3n) is 4.80. The number of rotatable bonds is 5. The average Bonchev–Trinajstić information content (AvgIpc) is 3.33. The highest BCUT2D eigenvalue weighted by Crippen LogP contribution is 2.22. The summed E-state index contributed by atoms with van der Waals surface area (Å²) in [5.41, 5.74) is 1.63. The van der Waals surface area contributed by atoms with Crippen molar-refractivity contribution >= 4 is 5.91 Å². The van der Waals surface area contributed by atoms with Gasteiger partial charge in [-0.2, -0.15) is 5.10 Å². The third kappa shape index (κ3) is 4.06. The third-order valence-corrected chi connectivity index (χ3v) is 4.80. The first-order valence-electron chi connectivity index (χ1n) is 9.05. The predicted molar refractivity (Wildman–Crippen MR) is 98.6 cm³/mol. The summed E-state index contributed by atoms with van der Waals surface area (Å²) >= 11 is 0. The summed E-state index contributed by atoms with van der Waals surface area (Å²) < 4.78 is 5.76. The van der Waals surface area contributed by atoms with Gasteiger partial charge in [0.15, 0.2) is 0 Å². The quantitative estimate of drug-likeness (QED) is 0.738. The summed E-state index contributed by atoms with van der Waals surface area (Å²) in [6, 6.07) is 9.73. The number of aromatic nitrogens is 4. The molecule has 3 heterocycles. The molecule has 27 heavy (non-hydrogen) atoms. The van der Waals surface area contributed by atoms with Crippen LogP contribution in [0.15, 0.2) is 41.1 Å². The number of nitrogens with one attached hydrogen (secondary N) is 1. The number of carbonyl (C=O) groups excluding carboxylic acids is 1. The van der Waals surface area contributed by atoms with Crippen molar-refractivity contribution in [1.29, 1.82) is 0 Å². The van der Waals surface area contributed by atoms with Crippen molar-refractivity contribution < 1.29 is 9.21 Å². The molecular weight excluding hydrogens is 344 g/mol. The maximum absolute atomic E-state index is 12.7. The molecule has 0 unspecified atom stereocenters. The zero-order chi connectivity index (χ0) is 18.6. The van der Waals surface area contributed by atoms with Crippen molar-refractivity contribution in [3.05, 3.63) is 53.9 Å². The molecule has 0 spiro atoms. The Balaban J connectivity index is 1.34. The van der Waals surface area contributed by atoms with E-state index in [1.807, 2.05) is 42.2 Å². The van der Waals surface area contributed by atoms with Crippen LogP contribution in [-0.2, 0) is 17.8 Å². The fourth-order valence-corrected chi connectivity index (χ4v) is 3.23. The Kier molecular flexibility index (Phi) is 4.97. The maximum atomic E-state index is 12.7. The minimum absolute atomic E-state index is 0.0883. The molecule has 1 aliphatic rings. The SMILES string of the molecule is Cc1oc(-c2ccccc2)nc1CC(=O)N1CCN(Cc2ncn[nH]2)CC1. The van der Waals surface area contributed by atoms with Gasteiger partial charge >= 0.3 is 0 Å². The van der Waals surface area contributed by atoms with E-state index in [-0.39, 0.29) is 12.3 Å². The lowest BCUT2D eigenvalue weighted by atomic mass is 10.2. The number of aromatic amines is 1. The smallest absolute Gasteiger partial charge is 0.228 e. The maximum Gasteiger partial charge on any atom is 0.228 e. The van der Waals surface area contributed by atoms with Gasteiger partial charge in [-0.05, 0) is 19.1 Å². The molecule has 140 valence electrons. The normalized spacial score (nSPS) is 15.2. The molecule has 0 radical (unpaired) electrons. The second-order valence-electron chi connectivity index (χ2n) is 6.65. The number of aryl methyl sites for hydroxylation is 1. The standard InChI is InChI=1S/C19H22N6O2/c1-14-16(22-19(27-14)15-5-3-2-4-6-15)11-18(26)25-9-7-24(8-10-25)12-17-20-13-21-23-17/h2-6,13H,7-12H2,1H3,(H,20,21,23). The molecule has 1 fully saturated rings. The first-order chi connectivity index (χ1) is 13.2.